The Balaban J connectivity index is 1.89. The van der Waals surface area contributed by atoms with Gasteiger partial charge < -0.3 is 5.32 Å². The van der Waals surface area contributed by atoms with Crippen molar-refractivity contribution >= 4 is 11.7 Å². The molecule has 1 rings (SSSR count). The molecule has 1 unspecified atom stereocenters. The van der Waals surface area contributed by atoms with Crippen molar-refractivity contribution in [3.05, 3.63) is 12.2 Å². The minimum Gasteiger partial charge on any atom is -0.351 e. The van der Waals surface area contributed by atoms with Gasteiger partial charge in [0.15, 0.2) is 5.84 Å². The van der Waals surface area contributed by atoms with Crippen LogP contribution in [-0.4, -0.2) is 48.9 Å². The van der Waals surface area contributed by atoms with E-state index in [1.54, 1.807) is 6.92 Å². The van der Waals surface area contributed by atoms with Gasteiger partial charge in [-0.25, -0.2) is 4.99 Å². The van der Waals surface area contributed by atoms with Gasteiger partial charge >= 0.3 is 0 Å². The number of likely N-dealkylation sites (N-methyl/N-ethyl adjacent to an activating group) is 1. The summed E-state index contributed by atoms with van der Waals surface area (Å²) in [5.41, 5.74) is 0. The zero-order valence-electron chi connectivity index (χ0n) is 23.2. The van der Waals surface area contributed by atoms with Gasteiger partial charge in [-0.2, -0.15) is 0 Å². The zero-order valence-corrected chi connectivity index (χ0v) is 23.2. The number of carbonyl (C=O) groups is 1. The number of aliphatic imine (C=N–C) groups is 1. The van der Waals surface area contributed by atoms with E-state index in [1.165, 1.54) is 115 Å². The third-order valence-corrected chi connectivity index (χ3v) is 7.56. The van der Waals surface area contributed by atoms with E-state index in [0.29, 0.717) is 0 Å². The number of rotatable bonds is 23. The highest BCUT2D eigenvalue weighted by molar-refractivity contribution is 5.77. The smallest absolute Gasteiger partial charge is 0.217 e. The van der Waals surface area contributed by atoms with E-state index >= 15 is 0 Å². The molecular weight excluding hydrogens is 418 g/mol. The maximum absolute atomic E-state index is 11.2. The van der Waals surface area contributed by atoms with E-state index in [-0.39, 0.29) is 5.91 Å². The molecular formula is C30H58N3O+. The summed E-state index contributed by atoms with van der Waals surface area (Å²) in [6.45, 7) is 11.0. The Bertz CT molecular complexity index is 557. The number of amides is 1. The van der Waals surface area contributed by atoms with Crippen LogP contribution >= 0.6 is 0 Å². The van der Waals surface area contributed by atoms with E-state index in [0.717, 1.165) is 43.6 Å². The minimum atomic E-state index is 0.0731. The standard InChI is InChI=1S/C30H57N3O/c1-4-6-7-8-9-10-11-12-13-14-15-16-17-18-19-20-21-22-23-24-30-32-26-28-33(30,5-2)27-25-31-29(3)34/h6-7H,4-5,8-28H2,1-3H3/p+1/b7-6+. The molecule has 0 saturated carbocycles. The SMILES string of the molecule is CC/C=C/CCCCCCCCCCCCCCCCCC1=NCC[N+]1(CC)CCNC(C)=O. The molecule has 198 valence electrons. The number of quaternary nitrogens is 1. The quantitative estimate of drug-likeness (QED) is 0.0906. The predicted molar refractivity (Wildman–Crippen MR) is 149 cm³/mol. The van der Waals surface area contributed by atoms with Crippen molar-refractivity contribution in [2.75, 3.05) is 32.7 Å². The van der Waals surface area contributed by atoms with E-state index < -0.39 is 0 Å². The average molecular weight is 477 g/mol. The van der Waals surface area contributed by atoms with E-state index in [2.05, 4.69) is 31.3 Å². The van der Waals surface area contributed by atoms with Crippen molar-refractivity contribution in [1.82, 2.24) is 5.32 Å². The van der Waals surface area contributed by atoms with Gasteiger partial charge in [0.1, 0.15) is 13.1 Å². The van der Waals surface area contributed by atoms with Gasteiger partial charge in [-0.1, -0.05) is 103 Å². The van der Waals surface area contributed by atoms with Crippen LogP contribution in [0.15, 0.2) is 17.1 Å². The van der Waals surface area contributed by atoms with Gasteiger partial charge in [0.05, 0.1) is 19.6 Å². The van der Waals surface area contributed by atoms with Gasteiger partial charge in [-0.3, -0.25) is 9.28 Å². The molecule has 0 aromatic heterocycles. The molecule has 1 aliphatic heterocycles. The molecule has 0 bridgehead atoms. The zero-order chi connectivity index (χ0) is 24.7. The van der Waals surface area contributed by atoms with Crippen LogP contribution in [0, 0.1) is 0 Å². The summed E-state index contributed by atoms with van der Waals surface area (Å²) in [5, 5.41) is 2.97. The average Bonchev–Trinajstić information content (AvgIpc) is 3.23. The number of unbranched alkanes of at least 4 members (excludes halogenated alkanes) is 15. The number of hydrogen-bond donors (Lipinski definition) is 1. The molecule has 0 aliphatic carbocycles. The maximum Gasteiger partial charge on any atom is 0.217 e. The van der Waals surface area contributed by atoms with Gasteiger partial charge in [0.2, 0.25) is 5.91 Å². The Morgan fingerprint density at radius 2 is 1.35 bits per heavy atom. The molecule has 1 N–H and O–H groups in total. The van der Waals surface area contributed by atoms with Crippen molar-refractivity contribution in [2.45, 2.75) is 136 Å². The third-order valence-electron chi connectivity index (χ3n) is 7.56. The Morgan fingerprint density at radius 1 is 0.824 bits per heavy atom. The number of carbonyl (C=O) groups excluding carboxylic acids is 1. The molecule has 0 aromatic rings. The second-order valence-corrected chi connectivity index (χ2v) is 10.4. The fourth-order valence-corrected chi connectivity index (χ4v) is 5.28. The van der Waals surface area contributed by atoms with Crippen LogP contribution in [0.25, 0.3) is 0 Å². The molecule has 1 aliphatic rings. The molecule has 0 spiro atoms. The van der Waals surface area contributed by atoms with Crippen molar-refractivity contribution < 1.29 is 9.28 Å². The Labute approximate surface area is 212 Å². The number of hydrogen-bond acceptors (Lipinski definition) is 2. The first kappa shape index (κ1) is 30.9. The number of allylic oxidation sites excluding steroid dienone is 2. The summed E-state index contributed by atoms with van der Waals surface area (Å²) in [5.74, 6) is 1.46. The van der Waals surface area contributed by atoms with Crippen LogP contribution in [0.4, 0.5) is 0 Å². The molecule has 1 heterocycles. The van der Waals surface area contributed by atoms with E-state index in [4.69, 9.17) is 4.99 Å². The van der Waals surface area contributed by atoms with Crippen LogP contribution in [0.3, 0.4) is 0 Å². The largest absolute Gasteiger partial charge is 0.351 e. The number of nitrogens with zero attached hydrogens (tertiary/aromatic N) is 2. The van der Waals surface area contributed by atoms with Crippen molar-refractivity contribution in [3.63, 3.8) is 0 Å². The molecule has 0 saturated heterocycles. The van der Waals surface area contributed by atoms with Crippen molar-refractivity contribution in [1.29, 1.82) is 0 Å². The Hall–Kier alpha value is -1.16. The highest BCUT2D eigenvalue weighted by atomic mass is 16.1. The number of nitrogens with one attached hydrogen (secondary N) is 1. The lowest BCUT2D eigenvalue weighted by atomic mass is 10.0. The maximum atomic E-state index is 11.2. The van der Waals surface area contributed by atoms with Crippen LogP contribution in [0.1, 0.15) is 136 Å². The van der Waals surface area contributed by atoms with Crippen LogP contribution < -0.4 is 5.32 Å². The normalized spacial score (nSPS) is 18.0. The molecule has 0 aromatic carbocycles. The number of amidine groups is 1. The Kier molecular flexibility index (Phi) is 19.2. The molecule has 1 atom stereocenters. The summed E-state index contributed by atoms with van der Waals surface area (Å²) in [6, 6.07) is 0. The first-order valence-electron chi connectivity index (χ1n) is 14.9. The van der Waals surface area contributed by atoms with Crippen LogP contribution in [-0.2, 0) is 4.79 Å². The van der Waals surface area contributed by atoms with E-state index in [1.807, 2.05) is 0 Å². The van der Waals surface area contributed by atoms with Crippen LogP contribution in [0.2, 0.25) is 0 Å². The monoisotopic (exact) mass is 476 g/mol. The van der Waals surface area contributed by atoms with Crippen molar-refractivity contribution in [2.24, 2.45) is 4.99 Å². The van der Waals surface area contributed by atoms with Gasteiger partial charge in [0.25, 0.3) is 0 Å². The lowest BCUT2D eigenvalue weighted by molar-refractivity contribution is -0.833. The fraction of sp³-hybridized carbons (Fsp3) is 0.867. The Morgan fingerprint density at radius 3 is 1.85 bits per heavy atom. The lowest BCUT2D eigenvalue weighted by Crippen LogP contribution is -2.54. The van der Waals surface area contributed by atoms with Crippen molar-refractivity contribution in [3.8, 4) is 0 Å². The van der Waals surface area contributed by atoms with Gasteiger partial charge in [0, 0.05) is 13.3 Å². The third kappa shape index (κ3) is 15.0. The summed E-state index contributed by atoms with van der Waals surface area (Å²) in [7, 11) is 0. The van der Waals surface area contributed by atoms with Gasteiger partial charge in [-0.05, 0) is 32.6 Å². The molecule has 4 nitrogen and oxygen atoms in total. The molecule has 1 amide bonds. The van der Waals surface area contributed by atoms with E-state index in [9.17, 15) is 4.79 Å². The van der Waals surface area contributed by atoms with Crippen LogP contribution in [0.5, 0.6) is 0 Å². The second-order valence-electron chi connectivity index (χ2n) is 10.4. The molecule has 0 radical (unpaired) electrons. The first-order valence-corrected chi connectivity index (χ1v) is 14.9. The summed E-state index contributed by atoms with van der Waals surface area (Å²) >= 11 is 0. The molecule has 4 heteroatoms. The first-order chi connectivity index (χ1) is 16.6. The lowest BCUT2D eigenvalue weighted by Gasteiger charge is -2.33. The second kappa shape index (κ2) is 21.1. The summed E-state index contributed by atoms with van der Waals surface area (Å²) in [6.07, 6.45) is 29.4. The topological polar surface area (TPSA) is 41.5 Å². The molecule has 34 heavy (non-hydrogen) atoms. The molecule has 0 fully saturated rings. The fourth-order valence-electron chi connectivity index (χ4n) is 5.28. The minimum absolute atomic E-state index is 0.0731. The summed E-state index contributed by atoms with van der Waals surface area (Å²) < 4.78 is 0.997. The highest BCUT2D eigenvalue weighted by Gasteiger charge is 2.35. The summed E-state index contributed by atoms with van der Waals surface area (Å²) in [4.78, 5) is 16.1. The predicted octanol–water partition coefficient (Wildman–Crippen LogP) is 7.97. The highest BCUT2D eigenvalue weighted by Crippen LogP contribution is 2.20. The van der Waals surface area contributed by atoms with Gasteiger partial charge in [-0.15, -0.1) is 0 Å².